The maximum absolute atomic E-state index is 12.8. The van der Waals surface area contributed by atoms with E-state index >= 15 is 0 Å². The van der Waals surface area contributed by atoms with Gasteiger partial charge in [0.2, 0.25) is 0 Å². The Morgan fingerprint density at radius 1 is 1.03 bits per heavy atom. The van der Waals surface area contributed by atoms with Gasteiger partial charge < -0.3 is 14.2 Å². The summed E-state index contributed by atoms with van der Waals surface area (Å²) in [5.74, 6) is 0.644. The molecule has 2 amide bonds. The summed E-state index contributed by atoms with van der Waals surface area (Å²) in [7, 11) is 4.56. The summed E-state index contributed by atoms with van der Waals surface area (Å²) in [5, 5.41) is 1.06. The van der Waals surface area contributed by atoms with Gasteiger partial charge in [-0.1, -0.05) is 30.0 Å². The van der Waals surface area contributed by atoms with Crippen LogP contribution in [0.3, 0.4) is 0 Å². The number of carbonyl (C=O) groups excluding carboxylic acids is 2. The number of methoxy groups -OCH3 is 3. The number of amides is 2. The fraction of sp³-hybridized carbons (Fsp3) is 0.150. The van der Waals surface area contributed by atoms with E-state index in [2.05, 4.69) is 5.43 Å². The molecule has 0 spiro atoms. The van der Waals surface area contributed by atoms with Gasteiger partial charge in [-0.3, -0.25) is 15.0 Å². The summed E-state index contributed by atoms with van der Waals surface area (Å²) in [6, 6.07) is 11.9. The molecule has 0 unspecified atom stereocenters. The molecule has 0 atom stereocenters. The van der Waals surface area contributed by atoms with Crippen molar-refractivity contribution in [2.45, 2.75) is 0 Å². The van der Waals surface area contributed by atoms with Crippen LogP contribution in [-0.4, -0.2) is 42.5 Å². The van der Waals surface area contributed by atoms with Crippen molar-refractivity contribution in [3.05, 3.63) is 58.5 Å². The second-order valence-electron chi connectivity index (χ2n) is 5.77. The number of hydrogen-bond donors (Lipinski definition) is 1. The summed E-state index contributed by atoms with van der Waals surface area (Å²) < 4.78 is 16.2. The molecule has 0 radical (unpaired) electrons. The van der Waals surface area contributed by atoms with Crippen LogP contribution >= 0.6 is 24.0 Å². The predicted molar refractivity (Wildman–Crippen MR) is 115 cm³/mol. The van der Waals surface area contributed by atoms with Gasteiger partial charge in [0.05, 0.1) is 26.2 Å². The number of thioether (sulfide) groups is 1. The SMILES string of the molecule is COc1cc(OC)c(OC)cc1C=C1SC(=S)N(NC(=O)c2ccccc2)C1=O. The summed E-state index contributed by atoms with van der Waals surface area (Å²) in [6.07, 6.45) is 1.63. The molecule has 1 aliphatic rings. The van der Waals surface area contributed by atoms with E-state index in [4.69, 9.17) is 26.4 Å². The van der Waals surface area contributed by atoms with Crippen LogP contribution in [0.2, 0.25) is 0 Å². The highest BCUT2D eigenvalue weighted by atomic mass is 32.2. The van der Waals surface area contributed by atoms with Crippen LogP contribution in [0.25, 0.3) is 6.08 Å². The van der Waals surface area contributed by atoms with Crippen molar-refractivity contribution in [2.24, 2.45) is 0 Å². The first-order valence-corrected chi connectivity index (χ1v) is 9.65. The Morgan fingerprint density at radius 3 is 2.28 bits per heavy atom. The molecule has 150 valence electrons. The number of carbonyl (C=O) groups is 2. The third kappa shape index (κ3) is 4.36. The zero-order valence-electron chi connectivity index (χ0n) is 15.9. The lowest BCUT2D eigenvalue weighted by atomic mass is 10.1. The Labute approximate surface area is 177 Å². The number of thiocarbonyl (C=S) groups is 1. The fourth-order valence-corrected chi connectivity index (χ4v) is 3.80. The molecule has 1 heterocycles. The molecule has 9 heteroatoms. The third-order valence-corrected chi connectivity index (χ3v) is 5.37. The molecule has 2 aromatic rings. The van der Waals surface area contributed by atoms with Crippen LogP contribution in [0.1, 0.15) is 15.9 Å². The van der Waals surface area contributed by atoms with Gasteiger partial charge >= 0.3 is 0 Å². The summed E-state index contributed by atoms with van der Waals surface area (Å²) in [5.41, 5.74) is 3.58. The number of nitrogens with one attached hydrogen (secondary N) is 1. The molecular weight excluding hydrogens is 412 g/mol. The van der Waals surface area contributed by atoms with Crippen LogP contribution in [0.15, 0.2) is 47.4 Å². The molecule has 0 bridgehead atoms. The van der Waals surface area contributed by atoms with E-state index in [0.29, 0.717) is 33.3 Å². The molecule has 1 saturated heterocycles. The number of nitrogens with zero attached hydrogens (tertiary/aromatic N) is 1. The molecule has 1 N–H and O–H groups in total. The second-order valence-corrected chi connectivity index (χ2v) is 7.45. The number of hydrogen-bond acceptors (Lipinski definition) is 7. The standard InChI is InChI=1S/C20H18N2O5S2/c1-25-14-11-16(27-3)15(26-2)9-13(14)10-17-19(24)22(20(28)29-17)21-18(23)12-7-5-4-6-8-12/h4-11H,1-3H3,(H,21,23). The van der Waals surface area contributed by atoms with E-state index in [1.807, 2.05) is 0 Å². The van der Waals surface area contributed by atoms with Gasteiger partial charge in [0, 0.05) is 17.2 Å². The van der Waals surface area contributed by atoms with Gasteiger partial charge in [-0.15, -0.1) is 0 Å². The number of benzene rings is 2. The molecule has 3 rings (SSSR count). The van der Waals surface area contributed by atoms with Gasteiger partial charge in [0.25, 0.3) is 11.8 Å². The first kappa shape index (κ1) is 20.7. The van der Waals surface area contributed by atoms with Crippen LogP contribution in [0, 0.1) is 0 Å². The minimum atomic E-state index is -0.430. The van der Waals surface area contributed by atoms with Crippen LogP contribution in [0.5, 0.6) is 17.2 Å². The summed E-state index contributed by atoms with van der Waals surface area (Å²) in [4.78, 5) is 25.5. The van der Waals surface area contributed by atoms with Crippen LogP contribution in [-0.2, 0) is 4.79 Å². The highest BCUT2D eigenvalue weighted by molar-refractivity contribution is 8.26. The van der Waals surface area contributed by atoms with Crippen molar-refractivity contribution in [3.8, 4) is 17.2 Å². The summed E-state index contributed by atoms with van der Waals surface area (Å²) in [6.45, 7) is 0. The Balaban J connectivity index is 1.87. The van der Waals surface area contributed by atoms with Crippen LogP contribution < -0.4 is 19.6 Å². The molecule has 1 aliphatic heterocycles. The Morgan fingerprint density at radius 2 is 1.66 bits per heavy atom. The number of rotatable bonds is 6. The van der Waals surface area contributed by atoms with E-state index in [0.717, 1.165) is 16.8 Å². The molecular formula is C20H18N2O5S2. The molecule has 2 aromatic carbocycles. The minimum Gasteiger partial charge on any atom is -0.496 e. The molecule has 1 fully saturated rings. The van der Waals surface area contributed by atoms with E-state index in [-0.39, 0.29) is 4.32 Å². The molecule has 0 saturated carbocycles. The van der Waals surface area contributed by atoms with Gasteiger partial charge in [0.1, 0.15) is 5.75 Å². The quantitative estimate of drug-likeness (QED) is 0.557. The van der Waals surface area contributed by atoms with Gasteiger partial charge in [-0.05, 0) is 36.5 Å². The molecule has 29 heavy (non-hydrogen) atoms. The van der Waals surface area contributed by atoms with E-state index < -0.39 is 11.8 Å². The van der Waals surface area contributed by atoms with E-state index in [1.165, 1.54) is 21.3 Å². The maximum Gasteiger partial charge on any atom is 0.285 e. The second kappa shape index (κ2) is 8.97. The molecule has 7 nitrogen and oxygen atoms in total. The van der Waals surface area contributed by atoms with Crippen molar-refractivity contribution in [1.29, 1.82) is 0 Å². The van der Waals surface area contributed by atoms with Crippen molar-refractivity contribution < 1.29 is 23.8 Å². The molecule has 0 aromatic heterocycles. The normalized spacial score (nSPS) is 14.9. The van der Waals surface area contributed by atoms with Crippen molar-refractivity contribution in [2.75, 3.05) is 21.3 Å². The monoisotopic (exact) mass is 430 g/mol. The van der Waals surface area contributed by atoms with Crippen molar-refractivity contribution in [1.82, 2.24) is 10.4 Å². The Hall–Kier alpha value is -3.04. The fourth-order valence-electron chi connectivity index (χ4n) is 2.63. The van der Waals surface area contributed by atoms with Crippen molar-refractivity contribution >= 4 is 46.2 Å². The van der Waals surface area contributed by atoms with Crippen molar-refractivity contribution in [3.63, 3.8) is 0 Å². The third-order valence-electron chi connectivity index (χ3n) is 4.07. The van der Waals surface area contributed by atoms with Gasteiger partial charge in [-0.2, -0.15) is 5.01 Å². The first-order chi connectivity index (χ1) is 14.0. The molecule has 0 aliphatic carbocycles. The van der Waals surface area contributed by atoms with E-state index in [9.17, 15) is 9.59 Å². The van der Waals surface area contributed by atoms with Crippen LogP contribution in [0.4, 0.5) is 0 Å². The minimum absolute atomic E-state index is 0.227. The summed E-state index contributed by atoms with van der Waals surface area (Å²) >= 11 is 6.35. The highest BCUT2D eigenvalue weighted by Gasteiger charge is 2.34. The van der Waals surface area contributed by atoms with Gasteiger partial charge in [-0.25, -0.2) is 0 Å². The van der Waals surface area contributed by atoms with E-state index in [1.54, 1.807) is 48.5 Å². The number of ether oxygens (including phenoxy) is 3. The smallest absolute Gasteiger partial charge is 0.285 e. The zero-order valence-corrected chi connectivity index (χ0v) is 17.6. The maximum atomic E-state index is 12.8. The largest absolute Gasteiger partial charge is 0.496 e. The lowest BCUT2D eigenvalue weighted by Gasteiger charge is -2.15. The first-order valence-electron chi connectivity index (χ1n) is 8.42. The Bertz CT molecular complexity index is 992. The predicted octanol–water partition coefficient (Wildman–Crippen LogP) is 3.26. The lowest BCUT2D eigenvalue weighted by molar-refractivity contribution is -0.123. The average molecular weight is 431 g/mol. The Kier molecular flexibility index (Phi) is 6.40. The lowest BCUT2D eigenvalue weighted by Crippen LogP contribution is -2.44. The zero-order chi connectivity index (χ0) is 21.0. The highest BCUT2D eigenvalue weighted by Crippen LogP contribution is 2.38. The van der Waals surface area contributed by atoms with Gasteiger partial charge in [0.15, 0.2) is 15.8 Å². The topological polar surface area (TPSA) is 77.1 Å². The number of hydrazine groups is 1. The average Bonchev–Trinajstić information content (AvgIpc) is 3.01.